The molecule has 2 aromatic heterocycles. The fraction of sp³-hybridized carbons (Fsp3) is 0.174. The van der Waals surface area contributed by atoms with Gasteiger partial charge in [-0.15, -0.1) is 11.8 Å². The Hall–Kier alpha value is -1.66. The van der Waals surface area contributed by atoms with E-state index in [1.807, 2.05) is 0 Å². The summed E-state index contributed by atoms with van der Waals surface area (Å²) in [6.45, 7) is 1.75. The minimum absolute atomic E-state index is 0.814. The van der Waals surface area contributed by atoms with E-state index in [4.69, 9.17) is 4.98 Å². The summed E-state index contributed by atoms with van der Waals surface area (Å²) in [4.78, 5) is 6.27. The molecule has 0 atom stereocenters. The number of rotatable bonds is 7. The van der Waals surface area contributed by atoms with Crippen molar-refractivity contribution >= 4 is 49.9 Å². The Balaban J connectivity index is 1.54. The van der Waals surface area contributed by atoms with Gasteiger partial charge < -0.3 is 5.32 Å². The molecule has 2 aromatic carbocycles. The number of hydrogen-bond donors (Lipinski definition) is 1. The number of aromatic nitrogens is 1. The van der Waals surface area contributed by atoms with Gasteiger partial charge in [-0.05, 0) is 72.1 Å². The third kappa shape index (κ3) is 4.66. The molecule has 0 saturated heterocycles. The predicted molar refractivity (Wildman–Crippen MR) is 126 cm³/mol. The third-order valence-electron chi connectivity index (χ3n) is 4.72. The highest BCUT2D eigenvalue weighted by Crippen LogP contribution is 2.29. The normalized spacial score (nSPS) is 11.2. The van der Waals surface area contributed by atoms with Crippen LogP contribution in [-0.2, 0) is 13.0 Å². The molecule has 0 amide bonds. The van der Waals surface area contributed by atoms with Crippen molar-refractivity contribution in [2.75, 3.05) is 12.8 Å². The molecule has 0 radical (unpaired) electrons. The minimum Gasteiger partial charge on any atom is -0.312 e. The second kappa shape index (κ2) is 9.23. The van der Waals surface area contributed by atoms with Crippen molar-refractivity contribution in [1.82, 2.24) is 10.3 Å². The first-order chi connectivity index (χ1) is 13.7. The topological polar surface area (TPSA) is 24.9 Å². The van der Waals surface area contributed by atoms with Crippen LogP contribution in [0.5, 0.6) is 0 Å². The Bertz CT molecular complexity index is 1060. The van der Waals surface area contributed by atoms with Gasteiger partial charge in [0.1, 0.15) is 0 Å². The molecular formula is C23H21BrN2S2. The summed E-state index contributed by atoms with van der Waals surface area (Å²) >= 11 is 6.96. The largest absolute Gasteiger partial charge is 0.312 e. The van der Waals surface area contributed by atoms with Crippen molar-refractivity contribution in [2.45, 2.75) is 17.9 Å². The summed E-state index contributed by atoms with van der Waals surface area (Å²) in [5.74, 6) is 0. The molecule has 5 heteroatoms. The number of thioether (sulfide) groups is 1. The molecule has 2 nitrogen and oxygen atoms in total. The molecule has 0 fully saturated rings. The molecule has 4 rings (SSSR count). The van der Waals surface area contributed by atoms with E-state index in [1.165, 1.54) is 27.0 Å². The van der Waals surface area contributed by atoms with Gasteiger partial charge >= 0.3 is 0 Å². The first kappa shape index (κ1) is 19.6. The Morgan fingerprint density at radius 1 is 1.07 bits per heavy atom. The smallest absolute Gasteiger partial charge is 0.0763 e. The lowest BCUT2D eigenvalue weighted by atomic mass is 10.0. The first-order valence-corrected chi connectivity index (χ1v) is 12.1. The van der Waals surface area contributed by atoms with Crippen LogP contribution in [0.3, 0.4) is 0 Å². The van der Waals surface area contributed by atoms with Crippen molar-refractivity contribution < 1.29 is 0 Å². The fourth-order valence-electron chi connectivity index (χ4n) is 3.21. The van der Waals surface area contributed by atoms with E-state index in [0.717, 1.165) is 35.2 Å². The molecule has 0 spiro atoms. The highest BCUT2D eigenvalue weighted by molar-refractivity contribution is 9.10. The van der Waals surface area contributed by atoms with Crippen molar-refractivity contribution in [2.24, 2.45) is 0 Å². The average Bonchev–Trinajstić information content (AvgIpc) is 3.26. The van der Waals surface area contributed by atoms with Gasteiger partial charge in [0.05, 0.1) is 11.2 Å². The number of fused-ring (bicyclic) bond motifs is 1. The monoisotopic (exact) mass is 468 g/mol. The fourth-order valence-corrected chi connectivity index (χ4v) is 4.55. The first-order valence-electron chi connectivity index (χ1n) is 9.18. The van der Waals surface area contributed by atoms with Crippen LogP contribution in [0.2, 0.25) is 0 Å². The van der Waals surface area contributed by atoms with Crippen molar-refractivity contribution in [3.05, 3.63) is 81.0 Å². The number of thiophene rings is 1. The molecule has 0 unspecified atom stereocenters. The van der Waals surface area contributed by atoms with Crippen LogP contribution >= 0.6 is 39.0 Å². The summed E-state index contributed by atoms with van der Waals surface area (Å²) in [6.07, 6.45) is 3.11. The molecule has 0 bridgehead atoms. The average molecular weight is 469 g/mol. The zero-order valence-corrected chi connectivity index (χ0v) is 18.8. The number of halogens is 1. The zero-order chi connectivity index (χ0) is 19.3. The van der Waals surface area contributed by atoms with E-state index in [0.29, 0.717) is 0 Å². The molecule has 0 saturated carbocycles. The van der Waals surface area contributed by atoms with Crippen LogP contribution in [0.15, 0.2) is 74.7 Å². The summed E-state index contributed by atoms with van der Waals surface area (Å²) in [5, 5.41) is 9.09. The molecule has 2 heterocycles. The van der Waals surface area contributed by atoms with Crippen molar-refractivity contribution in [3.63, 3.8) is 0 Å². The number of benzene rings is 2. The summed E-state index contributed by atoms with van der Waals surface area (Å²) in [7, 11) is 0. The Morgan fingerprint density at radius 3 is 2.68 bits per heavy atom. The molecule has 28 heavy (non-hydrogen) atoms. The summed E-state index contributed by atoms with van der Waals surface area (Å²) < 4.78 is 1.12. The maximum absolute atomic E-state index is 5.02. The molecule has 1 N–H and O–H groups in total. The Morgan fingerprint density at radius 2 is 1.93 bits per heavy atom. The van der Waals surface area contributed by atoms with Gasteiger partial charge in [-0.1, -0.05) is 34.1 Å². The van der Waals surface area contributed by atoms with Crippen LogP contribution in [0.25, 0.3) is 22.2 Å². The zero-order valence-electron chi connectivity index (χ0n) is 15.6. The van der Waals surface area contributed by atoms with Gasteiger partial charge in [0.25, 0.3) is 0 Å². The van der Waals surface area contributed by atoms with Gasteiger partial charge in [-0.3, -0.25) is 0 Å². The number of nitrogens with one attached hydrogen (secondary N) is 1. The van der Waals surface area contributed by atoms with Gasteiger partial charge in [-0.2, -0.15) is 11.3 Å². The minimum atomic E-state index is 0.814. The second-order valence-corrected chi connectivity index (χ2v) is 9.20. The number of hydrogen-bond acceptors (Lipinski definition) is 4. The molecule has 0 aliphatic heterocycles. The maximum Gasteiger partial charge on any atom is 0.0763 e. The van der Waals surface area contributed by atoms with E-state index >= 15 is 0 Å². The standard InChI is InChI=1S/C23H21BrN2S2/c1-27-21-7-4-17-12-19(14-25-10-8-16-2-5-20(24)6-3-16)23(26-22(17)13-21)18-9-11-28-15-18/h2-7,9,11-13,15,25H,8,10,14H2,1H3. The van der Waals surface area contributed by atoms with Gasteiger partial charge in [0.2, 0.25) is 0 Å². The highest BCUT2D eigenvalue weighted by Gasteiger charge is 2.10. The van der Waals surface area contributed by atoms with Gasteiger partial charge in [0, 0.05) is 32.2 Å². The lowest BCUT2D eigenvalue weighted by Crippen LogP contribution is -2.17. The summed E-state index contributed by atoms with van der Waals surface area (Å²) in [5.41, 5.74) is 5.94. The molecule has 142 valence electrons. The van der Waals surface area contributed by atoms with E-state index in [-0.39, 0.29) is 0 Å². The van der Waals surface area contributed by atoms with Crippen LogP contribution in [0, 0.1) is 0 Å². The van der Waals surface area contributed by atoms with E-state index in [1.54, 1.807) is 23.1 Å². The van der Waals surface area contributed by atoms with Crippen LogP contribution in [0.1, 0.15) is 11.1 Å². The predicted octanol–water partition coefficient (Wildman–Crippen LogP) is 6.78. The number of nitrogens with zero attached hydrogens (tertiary/aromatic N) is 1. The summed E-state index contributed by atoms with van der Waals surface area (Å²) in [6, 6.07) is 19.5. The van der Waals surface area contributed by atoms with Crippen molar-refractivity contribution in [1.29, 1.82) is 0 Å². The van der Waals surface area contributed by atoms with Gasteiger partial charge in [-0.25, -0.2) is 4.98 Å². The molecule has 0 aliphatic carbocycles. The number of pyridine rings is 1. The van der Waals surface area contributed by atoms with Crippen LogP contribution in [-0.4, -0.2) is 17.8 Å². The molecule has 0 aliphatic rings. The molecule has 4 aromatic rings. The van der Waals surface area contributed by atoms with Crippen LogP contribution in [0.4, 0.5) is 0 Å². The third-order valence-corrected chi connectivity index (χ3v) is 6.65. The maximum atomic E-state index is 5.02. The second-order valence-electron chi connectivity index (χ2n) is 6.62. The van der Waals surface area contributed by atoms with Crippen molar-refractivity contribution in [3.8, 4) is 11.3 Å². The van der Waals surface area contributed by atoms with E-state index < -0.39 is 0 Å². The Kier molecular flexibility index (Phi) is 6.47. The Labute approximate surface area is 182 Å². The van der Waals surface area contributed by atoms with E-state index in [2.05, 4.69) is 92.9 Å². The lowest BCUT2D eigenvalue weighted by Gasteiger charge is -2.12. The van der Waals surface area contributed by atoms with E-state index in [9.17, 15) is 0 Å². The quantitative estimate of drug-likeness (QED) is 0.239. The van der Waals surface area contributed by atoms with Crippen LogP contribution < -0.4 is 5.32 Å². The molecular weight excluding hydrogens is 448 g/mol. The highest BCUT2D eigenvalue weighted by atomic mass is 79.9. The SMILES string of the molecule is CSc1ccc2cc(CNCCc3ccc(Br)cc3)c(-c3ccsc3)nc2c1. The van der Waals surface area contributed by atoms with Gasteiger partial charge in [0.15, 0.2) is 0 Å². The lowest BCUT2D eigenvalue weighted by molar-refractivity contribution is 0.687.